The maximum atomic E-state index is 13.2. The average molecular weight is 445 g/mol. The second kappa shape index (κ2) is 10.3. The Hall–Kier alpha value is -2.92. The fraction of sp³-hybridized carbons (Fsp3) is 0.429. The quantitative estimate of drug-likeness (QED) is 0.460. The van der Waals surface area contributed by atoms with Crippen LogP contribution in [0.3, 0.4) is 0 Å². The van der Waals surface area contributed by atoms with Gasteiger partial charge in [0.25, 0.3) is 5.91 Å². The molecule has 1 saturated heterocycles. The maximum absolute atomic E-state index is 13.2. The first-order valence-corrected chi connectivity index (χ1v) is 12.1. The van der Waals surface area contributed by atoms with Gasteiger partial charge in [0, 0.05) is 30.7 Å². The fourth-order valence-electron chi connectivity index (χ4n) is 5.01. The zero-order valence-electron chi connectivity index (χ0n) is 20.3. The third-order valence-corrected chi connectivity index (χ3v) is 6.50. The highest BCUT2D eigenvalue weighted by Gasteiger charge is 2.21. The van der Waals surface area contributed by atoms with Crippen molar-refractivity contribution < 1.29 is 4.79 Å². The Morgan fingerprint density at radius 3 is 2.61 bits per heavy atom. The first kappa shape index (κ1) is 23.2. The molecule has 5 heteroatoms. The monoisotopic (exact) mass is 444 g/mol. The van der Waals surface area contributed by atoms with Crippen LogP contribution in [0.1, 0.15) is 48.2 Å². The van der Waals surface area contributed by atoms with Gasteiger partial charge in [-0.15, -0.1) is 0 Å². The van der Waals surface area contributed by atoms with Crippen LogP contribution < -0.4 is 10.6 Å². The predicted octanol–water partition coefficient (Wildman–Crippen LogP) is 5.69. The van der Waals surface area contributed by atoms with Crippen LogP contribution in [0, 0.1) is 25.7 Å². The summed E-state index contributed by atoms with van der Waals surface area (Å²) in [5.74, 6) is 2.16. The molecule has 0 unspecified atom stereocenters. The number of piperidine rings is 1. The van der Waals surface area contributed by atoms with Crippen LogP contribution in [0.15, 0.2) is 48.5 Å². The van der Waals surface area contributed by atoms with Crippen LogP contribution in [0.25, 0.3) is 10.9 Å². The van der Waals surface area contributed by atoms with Crippen LogP contribution in [0.5, 0.6) is 0 Å². The lowest BCUT2D eigenvalue weighted by Gasteiger charge is -2.34. The molecule has 0 aliphatic carbocycles. The molecule has 0 saturated carbocycles. The number of nitrogens with zero attached hydrogens (tertiary/aromatic N) is 2. The second-order valence-corrected chi connectivity index (χ2v) is 9.83. The molecule has 1 aromatic heterocycles. The Balaban J connectivity index is 1.45. The van der Waals surface area contributed by atoms with Gasteiger partial charge in [-0.3, -0.25) is 4.79 Å². The molecule has 0 bridgehead atoms. The van der Waals surface area contributed by atoms with Crippen molar-refractivity contribution in [2.75, 3.05) is 31.5 Å². The summed E-state index contributed by atoms with van der Waals surface area (Å²) in [5, 5.41) is 7.44. The van der Waals surface area contributed by atoms with Gasteiger partial charge in [0.1, 0.15) is 5.82 Å². The first-order chi connectivity index (χ1) is 15.9. The Bertz CT molecular complexity index is 1120. The number of fused-ring (bicyclic) bond motifs is 1. The number of aryl methyl sites for hydroxylation is 2. The second-order valence-electron chi connectivity index (χ2n) is 9.83. The zero-order valence-corrected chi connectivity index (χ0v) is 20.3. The van der Waals surface area contributed by atoms with E-state index in [1.54, 1.807) is 0 Å². The minimum atomic E-state index is -0.0435. The third kappa shape index (κ3) is 5.91. The Labute approximate surface area is 197 Å². The van der Waals surface area contributed by atoms with E-state index in [0.29, 0.717) is 17.9 Å². The molecule has 1 fully saturated rings. The number of aromatic nitrogens is 1. The number of hydrogen-bond donors (Lipinski definition) is 2. The topological polar surface area (TPSA) is 57.3 Å². The number of carbonyl (C=O) groups excluding carboxylic acids is 1. The van der Waals surface area contributed by atoms with Gasteiger partial charge in [-0.25, -0.2) is 4.98 Å². The first-order valence-electron chi connectivity index (χ1n) is 12.1. The van der Waals surface area contributed by atoms with E-state index in [-0.39, 0.29) is 5.91 Å². The fourth-order valence-corrected chi connectivity index (χ4v) is 5.01. The van der Waals surface area contributed by atoms with E-state index in [1.165, 1.54) is 25.1 Å². The van der Waals surface area contributed by atoms with E-state index in [0.717, 1.165) is 47.0 Å². The molecule has 1 aliphatic rings. The van der Waals surface area contributed by atoms with E-state index in [9.17, 15) is 4.79 Å². The third-order valence-electron chi connectivity index (χ3n) is 6.50. The van der Waals surface area contributed by atoms with Crippen molar-refractivity contribution in [1.29, 1.82) is 0 Å². The number of pyridine rings is 1. The van der Waals surface area contributed by atoms with Gasteiger partial charge in [-0.05, 0) is 74.4 Å². The van der Waals surface area contributed by atoms with Gasteiger partial charge in [0.15, 0.2) is 0 Å². The standard InChI is InChI=1S/C28H36N4O/c1-19-10-11-22(4)26(15-19)31-27-16-24(23-8-5-6-9-25(23)30-27)28(33)29-12-7-13-32-17-20(2)14-21(3)18-32/h5-6,8-11,15-16,20-21H,7,12-14,17-18H2,1-4H3,(H,29,33)(H,30,31)/t20-,21-/m0/s1. The number of para-hydroxylation sites is 1. The predicted molar refractivity (Wildman–Crippen MR) is 137 cm³/mol. The SMILES string of the molecule is Cc1ccc(C)c(Nc2cc(C(=O)NCCCN3C[C@@H](C)C[C@H](C)C3)c3ccccc3n2)c1. The summed E-state index contributed by atoms with van der Waals surface area (Å²) in [5.41, 5.74) is 4.80. The number of hydrogen-bond acceptors (Lipinski definition) is 4. The van der Waals surface area contributed by atoms with E-state index in [1.807, 2.05) is 30.3 Å². The molecule has 3 aromatic rings. The summed E-state index contributed by atoms with van der Waals surface area (Å²) < 4.78 is 0. The largest absolute Gasteiger partial charge is 0.352 e. The molecule has 2 atom stereocenters. The van der Waals surface area contributed by atoms with E-state index in [2.05, 4.69) is 61.4 Å². The lowest BCUT2D eigenvalue weighted by molar-refractivity contribution is 0.0949. The summed E-state index contributed by atoms with van der Waals surface area (Å²) in [6.07, 6.45) is 2.28. The highest BCUT2D eigenvalue weighted by atomic mass is 16.1. The number of benzene rings is 2. The number of anilines is 2. The highest BCUT2D eigenvalue weighted by molar-refractivity contribution is 6.07. The molecule has 0 radical (unpaired) electrons. The lowest BCUT2D eigenvalue weighted by Crippen LogP contribution is -2.40. The smallest absolute Gasteiger partial charge is 0.252 e. The molecular formula is C28H36N4O. The average Bonchev–Trinajstić information content (AvgIpc) is 2.78. The number of likely N-dealkylation sites (tertiary alicyclic amines) is 1. The Kier molecular flexibility index (Phi) is 7.29. The molecule has 1 aliphatic heterocycles. The Morgan fingerprint density at radius 2 is 1.82 bits per heavy atom. The molecule has 4 rings (SSSR count). The van der Waals surface area contributed by atoms with Crippen molar-refractivity contribution in [1.82, 2.24) is 15.2 Å². The van der Waals surface area contributed by atoms with Crippen LogP contribution in [0.4, 0.5) is 11.5 Å². The van der Waals surface area contributed by atoms with Crippen molar-refractivity contribution in [3.05, 3.63) is 65.2 Å². The minimum absolute atomic E-state index is 0.0435. The summed E-state index contributed by atoms with van der Waals surface area (Å²) in [4.78, 5) is 20.5. The normalized spacial score (nSPS) is 18.9. The summed E-state index contributed by atoms with van der Waals surface area (Å²) in [7, 11) is 0. The van der Waals surface area contributed by atoms with E-state index >= 15 is 0 Å². The van der Waals surface area contributed by atoms with Gasteiger partial charge in [-0.2, -0.15) is 0 Å². The van der Waals surface area contributed by atoms with Crippen molar-refractivity contribution in [2.24, 2.45) is 11.8 Å². The van der Waals surface area contributed by atoms with Gasteiger partial charge in [-0.1, -0.05) is 44.2 Å². The van der Waals surface area contributed by atoms with Crippen molar-refractivity contribution >= 4 is 28.3 Å². The highest BCUT2D eigenvalue weighted by Crippen LogP contribution is 2.26. The maximum Gasteiger partial charge on any atom is 0.252 e. The summed E-state index contributed by atoms with van der Waals surface area (Å²) in [6, 6.07) is 16.0. The summed E-state index contributed by atoms with van der Waals surface area (Å²) in [6.45, 7) is 12.9. The van der Waals surface area contributed by atoms with Crippen LogP contribution in [-0.2, 0) is 0 Å². The van der Waals surface area contributed by atoms with Gasteiger partial charge in [0.05, 0.1) is 11.1 Å². The van der Waals surface area contributed by atoms with Crippen molar-refractivity contribution in [3.8, 4) is 0 Å². The molecular weight excluding hydrogens is 408 g/mol. The van der Waals surface area contributed by atoms with Crippen LogP contribution >= 0.6 is 0 Å². The van der Waals surface area contributed by atoms with E-state index in [4.69, 9.17) is 4.98 Å². The number of amides is 1. The number of nitrogens with one attached hydrogen (secondary N) is 2. The number of carbonyl (C=O) groups is 1. The van der Waals surface area contributed by atoms with Crippen molar-refractivity contribution in [3.63, 3.8) is 0 Å². The molecule has 1 amide bonds. The molecule has 2 aromatic carbocycles. The van der Waals surface area contributed by atoms with Gasteiger partial charge < -0.3 is 15.5 Å². The summed E-state index contributed by atoms with van der Waals surface area (Å²) >= 11 is 0. The van der Waals surface area contributed by atoms with Crippen LogP contribution in [0.2, 0.25) is 0 Å². The molecule has 33 heavy (non-hydrogen) atoms. The number of rotatable bonds is 7. The van der Waals surface area contributed by atoms with Gasteiger partial charge >= 0.3 is 0 Å². The van der Waals surface area contributed by atoms with Crippen LogP contribution in [-0.4, -0.2) is 42.0 Å². The van der Waals surface area contributed by atoms with Crippen molar-refractivity contribution in [2.45, 2.75) is 40.5 Å². The molecule has 2 heterocycles. The lowest BCUT2D eigenvalue weighted by atomic mass is 9.92. The Morgan fingerprint density at radius 1 is 1.06 bits per heavy atom. The van der Waals surface area contributed by atoms with Gasteiger partial charge in [0.2, 0.25) is 0 Å². The van der Waals surface area contributed by atoms with E-state index < -0.39 is 0 Å². The zero-order chi connectivity index (χ0) is 23.4. The molecule has 0 spiro atoms. The molecule has 174 valence electrons. The molecule has 2 N–H and O–H groups in total. The minimum Gasteiger partial charge on any atom is -0.352 e. The molecule has 5 nitrogen and oxygen atoms in total.